The number of hydrogen-bond acceptors (Lipinski definition) is 2. The van der Waals surface area contributed by atoms with E-state index in [1.165, 1.54) is 5.56 Å². The van der Waals surface area contributed by atoms with Gasteiger partial charge in [0.05, 0.1) is 5.60 Å². The molecular formula is C12H18O3. The zero-order valence-corrected chi connectivity index (χ0v) is 9.40. The first-order valence-electron chi connectivity index (χ1n) is 4.77. The van der Waals surface area contributed by atoms with Gasteiger partial charge < -0.3 is 10.2 Å². The van der Waals surface area contributed by atoms with Gasteiger partial charge in [0.2, 0.25) is 0 Å². The van der Waals surface area contributed by atoms with Gasteiger partial charge in [0.15, 0.2) is 0 Å². The van der Waals surface area contributed by atoms with Crippen molar-refractivity contribution < 1.29 is 15.0 Å². The van der Waals surface area contributed by atoms with Gasteiger partial charge in [-0.2, -0.15) is 0 Å². The molecule has 0 radical (unpaired) electrons. The highest BCUT2D eigenvalue weighted by atomic mass is 16.4. The molecule has 3 heteroatoms. The van der Waals surface area contributed by atoms with Crippen LogP contribution in [0.2, 0.25) is 0 Å². The summed E-state index contributed by atoms with van der Waals surface area (Å²) >= 11 is 0. The van der Waals surface area contributed by atoms with Crippen LogP contribution in [0.4, 0.5) is 0 Å². The number of carbonyl (C=O) groups is 1. The molecule has 1 rings (SSSR count). The summed E-state index contributed by atoms with van der Waals surface area (Å²) in [7, 11) is 0. The van der Waals surface area contributed by atoms with Gasteiger partial charge in [0.1, 0.15) is 0 Å². The van der Waals surface area contributed by atoms with Crippen LogP contribution in [0.3, 0.4) is 0 Å². The molecular weight excluding hydrogens is 192 g/mol. The van der Waals surface area contributed by atoms with E-state index in [0.717, 1.165) is 6.92 Å². The van der Waals surface area contributed by atoms with Crippen LogP contribution in [0.25, 0.3) is 0 Å². The van der Waals surface area contributed by atoms with Crippen LogP contribution in [0.1, 0.15) is 26.3 Å². The maximum Gasteiger partial charge on any atom is 0.300 e. The second-order valence-electron chi connectivity index (χ2n) is 3.99. The first-order chi connectivity index (χ1) is 6.81. The van der Waals surface area contributed by atoms with Gasteiger partial charge in [0, 0.05) is 13.3 Å². The Morgan fingerprint density at radius 1 is 1.27 bits per heavy atom. The fourth-order valence-corrected chi connectivity index (χ4v) is 1.10. The molecule has 0 fully saturated rings. The summed E-state index contributed by atoms with van der Waals surface area (Å²) in [5.41, 5.74) is 0.585. The van der Waals surface area contributed by atoms with Crippen LogP contribution < -0.4 is 0 Å². The Kier molecular flexibility index (Phi) is 5.64. The lowest BCUT2D eigenvalue weighted by molar-refractivity contribution is -0.134. The smallest absolute Gasteiger partial charge is 0.300 e. The predicted octanol–water partition coefficient (Wildman–Crippen LogP) is 2.09. The van der Waals surface area contributed by atoms with Crippen molar-refractivity contribution in [1.82, 2.24) is 0 Å². The molecule has 0 saturated carbocycles. The summed E-state index contributed by atoms with van der Waals surface area (Å²) in [6, 6.07) is 10.0. The van der Waals surface area contributed by atoms with Crippen molar-refractivity contribution in [3.63, 3.8) is 0 Å². The molecule has 84 valence electrons. The number of carboxylic acid groups (broad SMARTS) is 1. The van der Waals surface area contributed by atoms with Gasteiger partial charge in [-0.1, -0.05) is 30.3 Å². The summed E-state index contributed by atoms with van der Waals surface area (Å²) in [5, 5.41) is 16.9. The maximum atomic E-state index is 9.47. The average Bonchev–Trinajstić information content (AvgIpc) is 2.01. The van der Waals surface area contributed by atoms with E-state index in [1.54, 1.807) is 0 Å². The van der Waals surface area contributed by atoms with Gasteiger partial charge in [-0.05, 0) is 19.4 Å². The molecule has 1 aromatic rings. The van der Waals surface area contributed by atoms with Crippen LogP contribution in [-0.4, -0.2) is 21.8 Å². The molecule has 0 aromatic heterocycles. The fraction of sp³-hybridized carbons (Fsp3) is 0.417. The maximum absolute atomic E-state index is 9.47. The Bertz CT molecular complexity index is 281. The molecule has 1 aromatic carbocycles. The van der Waals surface area contributed by atoms with Crippen molar-refractivity contribution in [3.8, 4) is 0 Å². The van der Waals surface area contributed by atoms with Gasteiger partial charge in [-0.15, -0.1) is 0 Å². The van der Waals surface area contributed by atoms with Crippen molar-refractivity contribution in [3.05, 3.63) is 35.9 Å². The molecule has 0 heterocycles. The molecule has 3 nitrogen and oxygen atoms in total. The number of carboxylic acids is 1. The van der Waals surface area contributed by atoms with E-state index in [1.807, 2.05) is 44.2 Å². The van der Waals surface area contributed by atoms with Crippen molar-refractivity contribution in [2.24, 2.45) is 0 Å². The molecule has 0 atom stereocenters. The average molecular weight is 210 g/mol. The minimum atomic E-state index is -0.833. The monoisotopic (exact) mass is 210 g/mol. The molecule has 15 heavy (non-hydrogen) atoms. The fourth-order valence-electron chi connectivity index (χ4n) is 1.10. The lowest BCUT2D eigenvalue weighted by atomic mass is 9.99. The second kappa shape index (κ2) is 6.19. The molecule has 0 aliphatic heterocycles. The molecule has 0 amide bonds. The van der Waals surface area contributed by atoms with Crippen molar-refractivity contribution in [1.29, 1.82) is 0 Å². The minimum Gasteiger partial charge on any atom is -0.481 e. The third-order valence-electron chi connectivity index (χ3n) is 1.48. The summed E-state index contributed by atoms with van der Waals surface area (Å²) in [5.74, 6) is -0.833. The van der Waals surface area contributed by atoms with Crippen molar-refractivity contribution >= 4 is 5.97 Å². The number of aliphatic carboxylic acids is 1. The third-order valence-corrected chi connectivity index (χ3v) is 1.48. The quantitative estimate of drug-likeness (QED) is 0.785. The number of aliphatic hydroxyl groups is 1. The van der Waals surface area contributed by atoms with E-state index in [4.69, 9.17) is 9.90 Å². The Morgan fingerprint density at radius 2 is 1.67 bits per heavy atom. The molecule has 0 aliphatic rings. The first kappa shape index (κ1) is 13.7. The first-order valence-corrected chi connectivity index (χ1v) is 4.77. The molecule has 0 bridgehead atoms. The van der Waals surface area contributed by atoms with Crippen LogP contribution in [0.15, 0.2) is 30.3 Å². The predicted molar refractivity (Wildman–Crippen MR) is 59.8 cm³/mol. The summed E-state index contributed by atoms with van der Waals surface area (Å²) in [6.07, 6.45) is 0.716. The Balaban J connectivity index is 0.000000423. The number of benzene rings is 1. The topological polar surface area (TPSA) is 57.5 Å². The van der Waals surface area contributed by atoms with Gasteiger partial charge in [-0.3, -0.25) is 4.79 Å². The summed E-state index contributed by atoms with van der Waals surface area (Å²) in [6.45, 7) is 4.72. The standard InChI is InChI=1S/C10H14O.C2H4O2/c1-10(2,11)8-9-6-4-3-5-7-9;1-2(3)4/h3-7,11H,8H2,1-2H3;1H3,(H,3,4). The molecule has 0 saturated heterocycles. The summed E-state index contributed by atoms with van der Waals surface area (Å²) in [4.78, 5) is 9.00. The van der Waals surface area contributed by atoms with E-state index < -0.39 is 11.6 Å². The van der Waals surface area contributed by atoms with Crippen LogP contribution in [-0.2, 0) is 11.2 Å². The highest BCUT2D eigenvalue weighted by Crippen LogP contribution is 2.10. The van der Waals surface area contributed by atoms with E-state index in [0.29, 0.717) is 6.42 Å². The summed E-state index contributed by atoms with van der Waals surface area (Å²) < 4.78 is 0. The second-order valence-corrected chi connectivity index (χ2v) is 3.99. The number of hydrogen-bond donors (Lipinski definition) is 2. The molecule has 0 unspecified atom stereocenters. The highest BCUT2D eigenvalue weighted by molar-refractivity contribution is 5.62. The third kappa shape index (κ3) is 10.6. The largest absolute Gasteiger partial charge is 0.481 e. The normalized spacial score (nSPS) is 10.1. The molecule has 2 N–H and O–H groups in total. The SMILES string of the molecule is CC(=O)O.CC(C)(O)Cc1ccccc1. The van der Waals surface area contributed by atoms with Gasteiger partial charge in [0.25, 0.3) is 5.97 Å². The Morgan fingerprint density at radius 3 is 2.00 bits per heavy atom. The highest BCUT2D eigenvalue weighted by Gasteiger charge is 2.12. The van der Waals surface area contributed by atoms with E-state index >= 15 is 0 Å². The van der Waals surface area contributed by atoms with Crippen LogP contribution in [0, 0.1) is 0 Å². The number of rotatable bonds is 2. The van der Waals surface area contributed by atoms with E-state index in [2.05, 4.69) is 0 Å². The van der Waals surface area contributed by atoms with Gasteiger partial charge >= 0.3 is 0 Å². The lowest BCUT2D eigenvalue weighted by Gasteiger charge is -2.16. The zero-order chi connectivity index (χ0) is 11.9. The van der Waals surface area contributed by atoms with Crippen LogP contribution in [0.5, 0.6) is 0 Å². The Labute approximate surface area is 90.4 Å². The lowest BCUT2D eigenvalue weighted by Crippen LogP contribution is -2.21. The van der Waals surface area contributed by atoms with Crippen molar-refractivity contribution in [2.75, 3.05) is 0 Å². The van der Waals surface area contributed by atoms with Gasteiger partial charge in [-0.25, -0.2) is 0 Å². The zero-order valence-electron chi connectivity index (χ0n) is 9.40. The van der Waals surface area contributed by atoms with E-state index in [9.17, 15) is 5.11 Å². The molecule has 0 spiro atoms. The minimum absolute atomic E-state index is 0.596. The Hall–Kier alpha value is -1.35. The molecule has 0 aliphatic carbocycles. The van der Waals surface area contributed by atoms with Crippen molar-refractivity contribution in [2.45, 2.75) is 32.8 Å². The van der Waals surface area contributed by atoms with Crippen LogP contribution >= 0.6 is 0 Å². The van der Waals surface area contributed by atoms with E-state index in [-0.39, 0.29) is 0 Å².